The van der Waals surface area contributed by atoms with Crippen LogP contribution in [0, 0.1) is 5.82 Å². The first-order chi connectivity index (χ1) is 13.0. The molecule has 2 atom stereocenters. The number of hydrogen-bond acceptors (Lipinski definition) is 3. The Hall–Kier alpha value is -2.73. The lowest BCUT2D eigenvalue weighted by Gasteiger charge is -2.17. The second kappa shape index (κ2) is 8.77. The first-order valence-electron chi connectivity index (χ1n) is 9.21. The van der Waals surface area contributed by atoms with Crippen LogP contribution in [-0.4, -0.2) is 24.4 Å². The first-order valence-corrected chi connectivity index (χ1v) is 9.21. The van der Waals surface area contributed by atoms with Gasteiger partial charge in [-0.1, -0.05) is 12.1 Å². The Labute approximate surface area is 158 Å². The SMILES string of the molecule is CC(NC(=O)CC1CCCN1)c1ccc(NC(=O)c2ccc(F)cc2)cc1. The van der Waals surface area contributed by atoms with Crippen molar-refractivity contribution in [3.8, 4) is 0 Å². The van der Waals surface area contributed by atoms with Crippen LogP contribution in [0.5, 0.6) is 0 Å². The van der Waals surface area contributed by atoms with E-state index in [2.05, 4.69) is 16.0 Å². The van der Waals surface area contributed by atoms with E-state index in [0.29, 0.717) is 17.7 Å². The van der Waals surface area contributed by atoms with Gasteiger partial charge >= 0.3 is 0 Å². The number of amides is 2. The minimum Gasteiger partial charge on any atom is -0.350 e. The second-order valence-electron chi connectivity index (χ2n) is 6.87. The quantitative estimate of drug-likeness (QED) is 0.731. The van der Waals surface area contributed by atoms with Crippen molar-refractivity contribution in [2.75, 3.05) is 11.9 Å². The van der Waals surface area contributed by atoms with Gasteiger partial charge in [-0.05, 0) is 68.3 Å². The lowest BCUT2D eigenvalue weighted by molar-refractivity contribution is -0.122. The van der Waals surface area contributed by atoms with E-state index >= 15 is 0 Å². The number of carbonyl (C=O) groups excluding carboxylic acids is 2. The molecule has 27 heavy (non-hydrogen) atoms. The van der Waals surface area contributed by atoms with Crippen LogP contribution in [0.25, 0.3) is 0 Å². The first kappa shape index (κ1) is 19.0. The molecule has 0 saturated carbocycles. The fraction of sp³-hybridized carbons (Fsp3) is 0.333. The molecule has 2 aromatic rings. The molecule has 3 N–H and O–H groups in total. The Bertz CT molecular complexity index is 784. The van der Waals surface area contributed by atoms with Gasteiger partial charge in [-0.25, -0.2) is 4.39 Å². The number of carbonyl (C=O) groups is 2. The van der Waals surface area contributed by atoms with Gasteiger partial charge in [0.25, 0.3) is 5.91 Å². The molecule has 0 bridgehead atoms. The van der Waals surface area contributed by atoms with Crippen LogP contribution in [0.4, 0.5) is 10.1 Å². The van der Waals surface area contributed by atoms with Crippen molar-refractivity contribution in [2.45, 2.75) is 38.3 Å². The molecule has 5 nitrogen and oxygen atoms in total. The molecule has 1 heterocycles. The van der Waals surface area contributed by atoms with Gasteiger partial charge in [-0.15, -0.1) is 0 Å². The summed E-state index contributed by atoms with van der Waals surface area (Å²) < 4.78 is 12.9. The van der Waals surface area contributed by atoms with E-state index in [4.69, 9.17) is 0 Å². The van der Waals surface area contributed by atoms with Gasteiger partial charge in [-0.3, -0.25) is 9.59 Å². The highest BCUT2D eigenvalue weighted by Crippen LogP contribution is 2.18. The summed E-state index contributed by atoms with van der Waals surface area (Å²) in [5.74, 6) is -0.639. The largest absolute Gasteiger partial charge is 0.350 e. The number of benzene rings is 2. The molecule has 2 amide bonds. The van der Waals surface area contributed by atoms with Crippen molar-refractivity contribution in [2.24, 2.45) is 0 Å². The average molecular weight is 369 g/mol. The van der Waals surface area contributed by atoms with Crippen molar-refractivity contribution >= 4 is 17.5 Å². The van der Waals surface area contributed by atoms with Gasteiger partial charge in [0.05, 0.1) is 6.04 Å². The van der Waals surface area contributed by atoms with Gasteiger partial charge in [0.2, 0.25) is 5.91 Å². The third-order valence-corrected chi connectivity index (χ3v) is 4.75. The highest BCUT2D eigenvalue weighted by atomic mass is 19.1. The van der Waals surface area contributed by atoms with Crippen molar-refractivity contribution in [3.63, 3.8) is 0 Å². The molecule has 6 heteroatoms. The van der Waals surface area contributed by atoms with Gasteiger partial charge in [0.1, 0.15) is 5.82 Å². The summed E-state index contributed by atoms with van der Waals surface area (Å²) in [7, 11) is 0. The van der Waals surface area contributed by atoms with Crippen LogP contribution in [0.15, 0.2) is 48.5 Å². The average Bonchev–Trinajstić information content (AvgIpc) is 3.15. The van der Waals surface area contributed by atoms with E-state index in [1.54, 1.807) is 12.1 Å². The summed E-state index contributed by atoms with van der Waals surface area (Å²) in [6.45, 7) is 2.92. The molecule has 2 aromatic carbocycles. The minimum absolute atomic E-state index is 0.0376. The Morgan fingerprint density at radius 3 is 2.48 bits per heavy atom. The fourth-order valence-corrected chi connectivity index (χ4v) is 3.20. The van der Waals surface area contributed by atoms with E-state index in [-0.39, 0.29) is 29.7 Å². The Morgan fingerprint density at radius 2 is 1.85 bits per heavy atom. The Balaban J connectivity index is 1.53. The maximum absolute atomic E-state index is 12.9. The fourth-order valence-electron chi connectivity index (χ4n) is 3.20. The van der Waals surface area contributed by atoms with Crippen LogP contribution < -0.4 is 16.0 Å². The van der Waals surface area contributed by atoms with Gasteiger partial charge < -0.3 is 16.0 Å². The van der Waals surface area contributed by atoms with Gasteiger partial charge in [0, 0.05) is 23.7 Å². The number of anilines is 1. The smallest absolute Gasteiger partial charge is 0.255 e. The summed E-state index contributed by atoms with van der Waals surface area (Å²) in [5, 5.41) is 9.11. The topological polar surface area (TPSA) is 70.2 Å². The highest BCUT2D eigenvalue weighted by Gasteiger charge is 2.19. The van der Waals surface area contributed by atoms with Crippen molar-refractivity contribution in [1.82, 2.24) is 10.6 Å². The molecule has 0 radical (unpaired) electrons. The van der Waals surface area contributed by atoms with Crippen LogP contribution >= 0.6 is 0 Å². The van der Waals surface area contributed by atoms with Crippen LogP contribution in [-0.2, 0) is 4.79 Å². The number of halogens is 1. The predicted octanol–water partition coefficient (Wildman–Crippen LogP) is 3.40. The lowest BCUT2D eigenvalue weighted by Crippen LogP contribution is -2.33. The number of hydrogen-bond donors (Lipinski definition) is 3. The summed E-state index contributed by atoms with van der Waals surface area (Å²) in [4.78, 5) is 24.3. The monoisotopic (exact) mass is 369 g/mol. The molecule has 142 valence electrons. The predicted molar refractivity (Wildman–Crippen MR) is 103 cm³/mol. The standard InChI is InChI=1S/C21H24FN3O2/c1-14(24-20(26)13-19-3-2-12-23-19)15-6-10-18(11-7-15)25-21(27)16-4-8-17(22)9-5-16/h4-11,14,19,23H,2-3,12-13H2,1H3,(H,24,26)(H,25,27). The molecule has 0 aromatic heterocycles. The summed E-state index contributed by atoms with van der Waals surface area (Å²) in [5.41, 5.74) is 1.99. The molecule has 1 saturated heterocycles. The maximum Gasteiger partial charge on any atom is 0.255 e. The lowest BCUT2D eigenvalue weighted by atomic mass is 10.1. The van der Waals surface area contributed by atoms with Crippen LogP contribution in [0.3, 0.4) is 0 Å². The summed E-state index contributed by atoms with van der Waals surface area (Å²) in [6, 6.07) is 12.9. The molecular weight excluding hydrogens is 345 g/mol. The molecule has 1 aliphatic rings. The normalized spacial score (nSPS) is 17.3. The number of nitrogens with one attached hydrogen (secondary N) is 3. The number of rotatable bonds is 6. The maximum atomic E-state index is 12.9. The van der Waals surface area contributed by atoms with Crippen molar-refractivity contribution in [3.05, 3.63) is 65.5 Å². The highest BCUT2D eigenvalue weighted by molar-refractivity contribution is 6.04. The van der Waals surface area contributed by atoms with E-state index < -0.39 is 0 Å². The zero-order valence-electron chi connectivity index (χ0n) is 15.3. The summed E-state index contributed by atoms with van der Waals surface area (Å²) >= 11 is 0. The molecule has 0 aliphatic carbocycles. The van der Waals surface area contributed by atoms with E-state index in [0.717, 1.165) is 24.9 Å². The van der Waals surface area contributed by atoms with Crippen molar-refractivity contribution < 1.29 is 14.0 Å². The van der Waals surface area contributed by atoms with E-state index in [1.807, 2.05) is 19.1 Å². The summed E-state index contributed by atoms with van der Waals surface area (Å²) in [6.07, 6.45) is 2.67. The van der Waals surface area contributed by atoms with E-state index in [1.165, 1.54) is 24.3 Å². The third kappa shape index (κ3) is 5.37. The van der Waals surface area contributed by atoms with Crippen LogP contribution in [0.2, 0.25) is 0 Å². The molecule has 1 aliphatic heterocycles. The Kier molecular flexibility index (Phi) is 6.19. The van der Waals surface area contributed by atoms with Crippen LogP contribution in [0.1, 0.15) is 48.1 Å². The molecule has 0 spiro atoms. The zero-order chi connectivity index (χ0) is 19.2. The Morgan fingerprint density at radius 1 is 1.15 bits per heavy atom. The minimum atomic E-state index is -0.379. The second-order valence-corrected chi connectivity index (χ2v) is 6.87. The molecule has 1 fully saturated rings. The zero-order valence-corrected chi connectivity index (χ0v) is 15.3. The molecule has 2 unspecified atom stereocenters. The van der Waals surface area contributed by atoms with Gasteiger partial charge in [-0.2, -0.15) is 0 Å². The molecular formula is C21H24FN3O2. The van der Waals surface area contributed by atoms with E-state index in [9.17, 15) is 14.0 Å². The third-order valence-electron chi connectivity index (χ3n) is 4.75. The van der Waals surface area contributed by atoms with Crippen molar-refractivity contribution in [1.29, 1.82) is 0 Å². The van der Waals surface area contributed by atoms with Gasteiger partial charge in [0.15, 0.2) is 0 Å². The molecule has 3 rings (SSSR count).